The molecule has 0 saturated carbocycles. The Labute approximate surface area is 115 Å². The molecule has 0 aliphatic heterocycles. The Hall–Kier alpha value is -1.31. The average molecular weight is 260 g/mol. The van der Waals surface area contributed by atoms with Crippen molar-refractivity contribution >= 4 is 5.97 Å². The van der Waals surface area contributed by atoms with E-state index in [1.807, 2.05) is 0 Å². The van der Waals surface area contributed by atoms with Crippen LogP contribution in [0.2, 0.25) is 0 Å². The van der Waals surface area contributed by atoms with Gasteiger partial charge < -0.3 is 5.11 Å². The molecule has 1 aromatic carbocycles. The first kappa shape index (κ1) is 14.1. The van der Waals surface area contributed by atoms with Gasteiger partial charge in [-0.2, -0.15) is 0 Å². The van der Waals surface area contributed by atoms with Crippen LogP contribution in [0, 0.1) is 5.92 Å². The van der Waals surface area contributed by atoms with E-state index in [1.165, 1.54) is 29.5 Å². The Kier molecular flexibility index (Phi) is 4.62. The van der Waals surface area contributed by atoms with Gasteiger partial charge in [0.1, 0.15) is 0 Å². The quantitative estimate of drug-likeness (QED) is 0.833. The van der Waals surface area contributed by atoms with Crippen LogP contribution in [0.5, 0.6) is 0 Å². The number of aryl methyl sites for hydroxylation is 2. The highest BCUT2D eigenvalue weighted by atomic mass is 16.4. The molecule has 1 aromatic rings. The molecule has 1 N–H and O–H groups in total. The first-order valence-electron chi connectivity index (χ1n) is 7.49. The highest BCUT2D eigenvalue weighted by Gasteiger charge is 2.24. The molecule has 0 bridgehead atoms. The number of benzene rings is 1. The summed E-state index contributed by atoms with van der Waals surface area (Å²) in [5, 5.41) is 9.18. The molecular weight excluding hydrogens is 236 g/mol. The Morgan fingerprint density at radius 3 is 2.53 bits per heavy atom. The van der Waals surface area contributed by atoms with Crippen LogP contribution in [0.15, 0.2) is 18.2 Å². The normalized spacial score (nSPS) is 15.5. The summed E-state index contributed by atoms with van der Waals surface area (Å²) >= 11 is 0. The lowest BCUT2D eigenvalue weighted by atomic mass is 9.80. The van der Waals surface area contributed by atoms with E-state index in [0.29, 0.717) is 5.92 Å². The minimum Gasteiger partial charge on any atom is -0.481 e. The van der Waals surface area contributed by atoms with Gasteiger partial charge in [-0.3, -0.25) is 4.79 Å². The third kappa shape index (κ3) is 3.17. The first-order chi connectivity index (χ1) is 9.15. The molecule has 0 heterocycles. The molecule has 1 unspecified atom stereocenters. The third-order valence-corrected chi connectivity index (χ3v) is 4.56. The molecule has 1 atom stereocenters. The molecule has 0 saturated heterocycles. The molecular formula is C17H24O2. The van der Waals surface area contributed by atoms with Crippen molar-refractivity contribution in [3.8, 4) is 0 Å². The van der Waals surface area contributed by atoms with Gasteiger partial charge in [0, 0.05) is 0 Å². The fraction of sp³-hybridized carbons (Fsp3) is 0.588. The van der Waals surface area contributed by atoms with E-state index in [4.69, 9.17) is 0 Å². The zero-order valence-corrected chi connectivity index (χ0v) is 12.0. The lowest BCUT2D eigenvalue weighted by Gasteiger charge is -2.25. The van der Waals surface area contributed by atoms with Crippen LogP contribution in [0.3, 0.4) is 0 Å². The van der Waals surface area contributed by atoms with E-state index in [0.717, 1.165) is 19.3 Å². The molecule has 2 nitrogen and oxygen atoms in total. The molecule has 0 spiro atoms. The van der Waals surface area contributed by atoms with Gasteiger partial charge in [0.25, 0.3) is 0 Å². The van der Waals surface area contributed by atoms with Crippen molar-refractivity contribution < 1.29 is 9.90 Å². The van der Waals surface area contributed by atoms with Crippen LogP contribution in [0.25, 0.3) is 0 Å². The van der Waals surface area contributed by atoms with Gasteiger partial charge in [0.15, 0.2) is 0 Å². The van der Waals surface area contributed by atoms with Crippen molar-refractivity contribution in [2.75, 3.05) is 0 Å². The highest BCUT2D eigenvalue weighted by Crippen LogP contribution is 2.35. The molecule has 0 radical (unpaired) electrons. The summed E-state index contributed by atoms with van der Waals surface area (Å²) < 4.78 is 0. The van der Waals surface area contributed by atoms with Crippen molar-refractivity contribution in [1.82, 2.24) is 0 Å². The molecule has 1 aliphatic rings. The topological polar surface area (TPSA) is 37.3 Å². The maximum absolute atomic E-state index is 11.2. The maximum Gasteiger partial charge on any atom is 0.303 e. The van der Waals surface area contributed by atoms with E-state index >= 15 is 0 Å². The second-order valence-electron chi connectivity index (χ2n) is 5.66. The number of aliphatic carboxylic acids is 1. The maximum atomic E-state index is 11.2. The number of hydrogen-bond donors (Lipinski definition) is 1. The van der Waals surface area contributed by atoms with E-state index in [1.54, 1.807) is 0 Å². The summed E-state index contributed by atoms with van der Waals surface area (Å²) in [5.74, 6) is -0.0497. The molecule has 2 heteroatoms. The summed E-state index contributed by atoms with van der Waals surface area (Å²) in [7, 11) is 0. The number of fused-ring (bicyclic) bond motifs is 1. The largest absolute Gasteiger partial charge is 0.481 e. The molecule has 0 aromatic heterocycles. The van der Waals surface area contributed by atoms with Crippen molar-refractivity contribution in [3.63, 3.8) is 0 Å². The van der Waals surface area contributed by atoms with Gasteiger partial charge in [0.2, 0.25) is 0 Å². The number of carboxylic acids is 1. The van der Waals surface area contributed by atoms with Gasteiger partial charge in [0.05, 0.1) is 6.42 Å². The molecule has 0 amide bonds. The number of carboxylic acid groups (broad SMARTS) is 1. The van der Waals surface area contributed by atoms with Crippen LogP contribution in [0.4, 0.5) is 0 Å². The van der Waals surface area contributed by atoms with E-state index < -0.39 is 5.97 Å². The number of rotatable bonds is 6. The van der Waals surface area contributed by atoms with Crippen molar-refractivity contribution in [3.05, 3.63) is 34.9 Å². The van der Waals surface area contributed by atoms with E-state index in [-0.39, 0.29) is 12.3 Å². The fourth-order valence-corrected chi connectivity index (χ4v) is 3.42. The summed E-state index contributed by atoms with van der Waals surface area (Å²) in [6.07, 6.45) is 5.94. The zero-order chi connectivity index (χ0) is 13.8. The average Bonchev–Trinajstić information content (AvgIpc) is 2.85. The molecule has 0 fully saturated rings. The standard InChI is InChI=1S/C17H24O2/c1-3-12(4-2)16(11-17(18)19)15-9-8-13-6-5-7-14(13)10-15/h8-10,12,16H,3-7,11H2,1-2H3,(H,18,19). The Bertz CT molecular complexity index is 447. The summed E-state index contributed by atoms with van der Waals surface area (Å²) in [6.45, 7) is 4.33. The number of hydrogen-bond acceptors (Lipinski definition) is 1. The summed E-state index contributed by atoms with van der Waals surface area (Å²) in [4.78, 5) is 11.2. The van der Waals surface area contributed by atoms with E-state index in [2.05, 4.69) is 32.0 Å². The Morgan fingerprint density at radius 1 is 1.21 bits per heavy atom. The molecule has 2 rings (SSSR count). The summed E-state index contributed by atoms with van der Waals surface area (Å²) in [5.41, 5.74) is 4.14. The predicted octanol–water partition coefficient (Wildman–Crippen LogP) is 4.17. The van der Waals surface area contributed by atoms with Crippen LogP contribution >= 0.6 is 0 Å². The SMILES string of the molecule is CCC(CC)C(CC(=O)O)c1ccc2c(c1)CCC2. The fourth-order valence-electron chi connectivity index (χ4n) is 3.42. The third-order valence-electron chi connectivity index (χ3n) is 4.56. The van der Waals surface area contributed by atoms with Crippen LogP contribution in [-0.4, -0.2) is 11.1 Å². The lowest BCUT2D eigenvalue weighted by Crippen LogP contribution is -2.16. The molecule has 1 aliphatic carbocycles. The zero-order valence-electron chi connectivity index (χ0n) is 12.0. The minimum absolute atomic E-state index is 0.165. The predicted molar refractivity (Wildman–Crippen MR) is 77.5 cm³/mol. The lowest BCUT2D eigenvalue weighted by molar-refractivity contribution is -0.137. The van der Waals surface area contributed by atoms with Gasteiger partial charge in [-0.1, -0.05) is 44.9 Å². The summed E-state index contributed by atoms with van der Waals surface area (Å²) in [6, 6.07) is 6.65. The molecule has 19 heavy (non-hydrogen) atoms. The van der Waals surface area contributed by atoms with Crippen LogP contribution in [-0.2, 0) is 17.6 Å². The van der Waals surface area contributed by atoms with E-state index in [9.17, 15) is 9.90 Å². The smallest absolute Gasteiger partial charge is 0.303 e. The second-order valence-corrected chi connectivity index (χ2v) is 5.66. The molecule has 104 valence electrons. The minimum atomic E-state index is -0.683. The Morgan fingerprint density at radius 2 is 1.89 bits per heavy atom. The van der Waals surface area contributed by atoms with Crippen LogP contribution in [0.1, 0.15) is 62.1 Å². The van der Waals surface area contributed by atoms with Gasteiger partial charge in [-0.15, -0.1) is 0 Å². The monoisotopic (exact) mass is 260 g/mol. The van der Waals surface area contributed by atoms with Crippen molar-refractivity contribution in [2.45, 2.75) is 58.3 Å². The second kappa shape index (κ2) is 6.23. The highest BCUT2D eigenvalue weighted by molar-refractivity contribution is 5.68. The van der Waals surface area contributed by atoms with Gasteiger partial charge in [-0.25, -0.2) is 0 Å². The van der Waals surface area contributed by atoms with Gasteiger partial charge >= 0.3 is 5.97 Å². The van der Waals surface area contributed by atoms with Gasteiger partial charge in [-0.05, 0) is 47.8 Å². The van der Waals surface area contributed by atoms with Crippen molar-refractivity contribution in [2.24, 2.45) is 5.92 Å². The Balaban J connectivity index is 2.29. The first-order valence-corrected chi connectivity index (χ1v) is 7.49. The van der Waals surface area contributed by atoms with Crippen molar-refractivity contribution in [1.29, 1.82) is 0 Å². The van der Waals surface area contributed by atoms with Crippen LogP contribution < -0.4 is 0 Å². The number of carbonyl (C=O) groups is 1.